The van der Waals surface area contributed by atoms with Gasteiger partial charge in [-0.2, -0.15) is 13.2 Å². The topological polar surface area (TPSA) is 16.3 Å². The van der Waals surface area contributed by atoms with Crippen LogP contribution in [0.1, 0.15) is 30.9 Å². The van der Waals surface area contributed by atoms with Crippen LogP contribution >= 0.6 is 0 Å². The van der Waals surface area contributed by atoms with Gasteiger partial charge >= 0.3 is 6.18 Å². The van der Waals surface area contributed by atoms with Crippen LogP contribution < -0.4 is 9.80 Å². The SMILES string of the molecule is CCCCc1ccc2c(c1)c1cc(-c3ccc(N(c4ccccc4)c4ccc(-c5c6ccccc6c(-c6ccccc6)c6ccccc56)cc4)cc3)ccc1n2-c1ccccc1.FC(F)(F)c1ccc2c(c1)c1cc(-c3ccc(N(c4ccccc4)c4ccc(-c5c6ccccc6c(-c6ccccc6)c6ccccc56)cc4)cc3)ccc1n2-c1ccccc1. The number of alkyl halides is 3. The van der Waals surface area contributed by atoms with E-state index in [2.05, 4.69) is 385 Å². The van der Waals surface area contributed by atoms with Gasteiger partial charge in [0.15, 0.2) is 0 Å². The van der Waals surface area contributed by atoms with Crippen LogP contribution in [0.25, 0.3) is 165 Å². The maximum Gasteiger partial charge on any atom is 0.416 e. The van der Waals surface area contributed by atoms with Gasteiger partial charge in [0.05, 0.1) is 27.6 Å². The van der Waals surface area contributed by atoms with Crippen molar-refractivity contribution in [2.24, 2.45) is 0 Å². The van der Waals surface area contributed by atoms with Gasteiger partial charge in [-0.05, 0) is 280 Å². The van der Waals surface area contributed by atoms with E-state index in [1.807, 2.05) is 71.3 Å². The highest BCUT2D eigenvalue weighted by molar-refractivity contribution is 6.23. The second-order valence-electron chi connectivity index (χ2n) is 31.9. The van der Waals surface area contributed by atoms with E-state index in [4.69, 9.17) is 0 Å². The molecule has 0 bridgehead atoms. The van der Waals surface area contributed by atoms with Crippen LogP contribution in [0.4, 0.5) is 47.3 Å². The molecule has 0 amide bonds. The number of aromatic nitrogens is 2. The molecule has 0 unspecified atom stereocenters. The fourth-order valence-corrected chi connectivity index (χ4v) is 18.8. The molecule has 0 radical (unpaired) electrons. The highest BCUT2D eigenvalue weighted by Crippen LogP contribution is 2.49. The number of hydrogen-bond donors (Lipinski definition) is 0. The normalized spacial score (nSPS) is 11.6. The van der Waals surface area contributed by atoms with E-state index >= 15 is 0 Å². The molecule has 0 N–H and O–H groups in total. The van der Waals surface area contributed by atoms with Crippen molar-refractivity contribution in [3.8, 4) is 78.1 Å². The Morgan fingerprint density at radius 2 is 0.468 bits per heavy atom. The van der Waals surface area contributed by atoms with Crippen LogP contribution in [-0.2, 0) is 12.6 Å². The maximum atomic E-state index is 14.0. The molecule has 0 fully saturated rings. The summed E-state index contributed by atoms with van der Waals surface area (Å²) in [5.41, 5.74) is 27.2. The molecule has 0 aliphatic rings. The quantitative estimate of drug-likeness (QED) is 0.0845. The van der Waals surface area contributed by atoms with Crippen molar-refractivity contribution in [3.05, 3.63) is 460 Å². The third-order valence-electron chi connectivity index (χ3n) is 24.5. The number of para-hydroxylation sites is 4. The molecule has 22 rings (SSSR count). The molecule has 0 spiro atoms. The minimum absolute atomic E-state index is 0.559. The van der Waals surface area contributed by atoms with Crippen LogP contribution in [0.15, 0.2) is 449 Å². The predicted octanol–water partition coefficient (Wildman–Crippen LogP) is 33.5. The van der Waals surface area contributed by atoms with Crippen LogP contribution in [0, 0.1) is 0 Å². The number of benzene rings is 20. The van der Waals surface area contributed by atoms with E-state index in [0.29, 0.717) is 5.39 Å². The van der Waals surface area contributed by atoms with Crippen molar-refractivity contribution in [1.29, 1.82) is 0 Å². The summed E-state index contributed by atoms with van der Waals surface area (Å²) in [5.74, 6) is 0. The molecule has 20 aromatic carbocycles. The lowest BCUT2D eigenvalue weighted by Gasteiger charge is -2.26. The highest BCUT2D eigenvalue weighted by Gasteiger charge is 2.32. The van der Waals surface area contributed by atoms with Gasteiger partial charge in [-0.3, -0.25) is 0 Å². The number of halogens is 3. The van der Waals surface area contributed by atoms with Crippen molar-refractivity contribution < 1.29 is 13.2 Å². The van der Waals surface area contributed by atoms with Gasteiger partial charge in [-0.1, -0.05) is 311 Å². The molecule has 7 heteroatoms. The number of aryl methyl sites for hydroxylation is 1. The van der Waals surface area contributed by atoms with Crippen molar-refractivity contribution in [3.63, 3.8) is 0 Å². The van der Waals surface area contributed by atoms with Crippen molar-refractivity contribution >= 4 is 121 Å². The minimum atomic E-state index is -4.45. The Morgan fingerprint density at radius 3 is 0.790 bits per heavy atom. The minimum Gasteiger partial charge on any atom is -0.311 e. The largest absolute Gasteiger partial charge is 0.416 e. The fraction of sp³-hybridized carbons (Fsp3) is 0.0427. The zero-order valence-corrected chi connectivity index (χ0v) is 68.3. The smallest absolute Gasteiger partial charge is 0.311 e. The molecule has 592 valence electrons. The zero-order valence-electron chi connectivity index (χ0n) is 68.3. The lowest BCUT2D eigenvalue weighted by atomic mass is 9.86. The van der Waals surface area contributed by atoms with E-state index in [0.717, 1.165) is 79.3 Å². The first kappa shape index (κ1) is 75.9. The van der Waals surface area contributed by atoms with E-state index in [1.165, 1.54) is 151 Å². The van der Waals surface area contributed by atoms with Gasteiger partial charge in [0.25, 0.3) is 0 Å². The molecule has 2 aromatic heterocycles. The summed E-state index contributed by atoms with van der Waals surface area (Å²) >= 11 is 0. The maximum absolute atomic E-state index is 14.0. The summed E-state index contributed by atoms with van der Waals surface area (Å²) in [7, 11) is 0. The summed E-state index contributed by atoms with van der Waals surface area (Å²) in [4.78, 5) is 4.61. The van der Waals surface area contributed by atoms with Crippen molar-refractivity contribution in [2.45, 2.75) is 32.4 Å². The zero-order chi connectivity index (χ0) is 83.2. The Bertz CT molecular complexity index is 7570. The molecule has 4 nitrogen and oxygen atoms in total. The average molecular weight is 1600 g/mol. The van der Waals surface area contributed by atoms with E-state index in [-0.39, 0.29) is 0 Å². The summed E-state index contributed by atoms with van der Waals surface area (Å²) in [6.07, 6.45) is -0.968. The molecule has 0 aliphatic heterocycles. The standard InChI is InChI=1S/C60H46N2.C57H37F3N2/c1-2-3-17-42-28-38-57-55(40-42)56-41-46(33-39-58(56)62(57)48-22-11-6-12-23-48)43-29-34-49(35-30-43)61(47-20-9-5-10-21-47)50-36-31-45(32-37-50)60-53-26-15-13-24-51(53)59(44-18-7-4-8-19-44)52-25-14-16-27-54(52)60;58-57(59,60)42-29-35-54-52(37-42)51-36-41(28-34-53(51)62(54)44-18-8-3-9-19-44)38-24-30-45(31-25-38)61(43-16-6-2-7-17-43)46-32-26-40(27-33-46)56-49-22-12-10-20-47(49)55(39-14-4-1-5-15-39)48-21-11-13-23-50(48)56/h4-16,18-41H,2-3,17H2,1H3;1-37H. The third-order valence-corrected chi connectivity index (χ3v) is 24.5. The summed E-state index contributed by atoms with van der Waals surface area (Å²) in [5, 5.41) is 13.8. The van der Waals surface area contributed by atoms with Crippen LogP contribution in [0.3, 0.4) is 0 Å². The van der Waals surface area contributed by atoms with Gasteiger partial charge in [0, 0.05) is 67.0 Å². The monoisotopic (exact) mass is 1600 g/mol. The Balaban J connectivity index is 0.000000152. The summed E-state index contributed by atoms with van der Waals surface area (Å²) in [6.45, 7) is 2.27. The first-order valence-electron chi connectivity index (χ1n) is 42.6. The Hall–Kier alpha value is -15.6. The van der Waals surface area contributed by atoms with Crippen LogP contribution in [0.5, 0.6) is 0 Å². The second-order valence-corrected chi connectivity index (χ2v) is 31.9. The Morgan fingerprint density at radius 1 is 0.218 bits per heavy atom. The molecular weight excluding hydrogens is 1520 g/mol. The summed E-state index contributed by atoms with van der Waals surface area (Å²) < 4.78 is 46.5. The highest BCUT2D eigenvalue weighted by atomic mass is 19.4. The lowest BCUT2D eigenvalue weighted by molar-refractivity contribution is -0.137. The number of anilines is 6. The first-order valence-corrected chi connectivity index (χ1v) is 42.6. The van der Waals surface area contributed by atoms with Gasteiger partial charge in [0.1, 0.15) is 0 Å². The fourth-order valence-electron chi connectivity index (χ4n) is 18.8. The number of fused-ring (bicyclic) bond motifs is 10. The molecule has 0 saturated heterocycles. The number of nitrogens with zero attached hydrogens (tertiary/aromatic N) is 4. The average Bonchev–Trinajstić information content (AvgIpc) is 1.01. The van der Waals surface area contributed by atoms with Gasteiger partial charge in [-0.25, -0.2) is 0 Å². The van der Waals surface area contributed by atoms with Gasteiger partial charge < -0.3 is 18.9 Å². The molecule has 0 aliphatic carbocycles. The Labute approximate surface area is 718 Å². The van der Waals surface area contributed by atoms with E-state index < -0.39 is 11.7 Å². The van der Waals surface area contributed by atoms with E-state index in [9.17, 15) is 13.2 Å². The molecule has 0 saturated carbocycles. The molecule has 22 aromatic rings. The van der Waals surface area contributed by atoms with Gasteiger partial charge in [0.2, 0.25) is 0 Å². The lowest BCUT2D eigenvalue weighted by Crippen LogP contribution is -2.09. The van der Waals surface area contributed by atoms with Crippen molar-refractivity contribution in [2.75, 3.05) is 9.80 Å². The molecule has 0 atom stereocenters. The van der Waals surface area contributed by atoms with Crippen molar-refractivity contribution in [1.82, 2.24) is 9.13 Å². The van der Waals surface area contributed by atoms with Gasteiger partial charge in [-0.15, -0.1) is 0 Å². The second kappa shape index (κ2) is 32.5. The first-order chi connectivity index (χ1) is 61.1. The molecular formula is C117H83F3N4. The summed E-state index contributed by atoms with van der Waals surface area (Å²) in [6, 6.07) is 158. The molecule has 124 heavy (non-hydrogen) atoms. The number of rotatable bonds is 17. The Kier molecular flexibility index (Phi) is 19.9. The van der Waals surface area contributed by atoms with E-state index in [1.54, 1.807) is 6.07 Å². The number of unbranched alkanes of at least 4 members (excludes halogenated alkanes) is 1. The molecule has 2 heterocycles. The number of hydrogen-bond acceptors (Lipinski definition) is 2. The predicted molar refractivity (Wildman–Crippen MR) is 517 cm³/mol. The van der Waals surface area contributed by atoms with Crippen LogP contribution in [-0.4, -0.2) is 9.13 Å². The third kappa shape index (κ3) is 14.0. The van der Waals surface area contributed by atoms with Crippen LogP contribution in [0.2, 0.25) is 0 Å².